The van der Waals surface area contributed by atoms with E-state index in [2.05, 4.69) is 5.32 Å². The van der Waals surface area contributed by atoms with E-state index in [0.29, 0.717) is 31.8 Å². The fourth-order valence-electron chi connectivity index (χ4n) is 2.01. The minimum atomic E-state index is -4.83. The predicted octanol–water partition coefficient (Wildman–Crippen LogP) is 2.75. The van der Waals surface area contributed by atoms with Gasteiger partial charge in [-0.1, -0.05) is 0 Å². The van der Waals surface area contributed by atoms with Gasteiger partial charge in [-0.15, -0.1) is 0 Å². The molecule has 110 valence electrons. The van der Waals surface area contributed by atoms with Crippen molar-refractivity contribution in [3.05, 3.63) is 35.1 Å². The van der Waals surface area contributed by atoms with Crippen molar-refractivity contribution in [2.45, 2.75) is 25.1 Å². The van der Waals surface area contributed by atoms with Crippen LogP contribution in [0.25, 0.3) is 0 Å². The summed E-state index contributed by atoms with van der Waals surface area (Å²) in [7, 11) is 0. The second-order valence-corrected chi connectivity index (χ2v) is 4.58. The van der Waals surface area contributed by atoms with Gasteiger partial charge < -0.3 is 10.1 Å². The van der Waals surface area contributed by atoms with Gasteiger partial charge >= 0.3 is 6.18 Å². The van der Waals surface area contributed by atoms with E-state index < -0.39 is 23.5 Å². The number of hydrogen-bond acceptors (Lipinski definition) is 2. The third-order valence-corrected chi connectivity index (χ3v) is 3.03. The summed E-state index contributed by atoms with van der Waals surface area (Å²) in [5.41, 5.74) is -1.66. The molecule has 1 heterocycles. The summed E-state index contributed by atoms with van der Waals surface area (Å²) >= 11 is 0. The molecule has 0 radical (unpaired) electrons. The van der Waals surface area contributed by atoms with E-state index in [1.807, 2.05) is 0 Å². The van der Waals surface area contributed by atoms with E-state index in [1.165, 1.54) is 0 Å². The van der Waals surface area contributed by atoms with Gasteiger partial charge in [0.2, 0.25) is 0 Å². The molecule has 1 aromatic carbocycles. The Balaban J connectivity index is 2.13. The zero-order valence-electron chi connectivity index (χ0n) is 10.5. The highest BCUT2D eigenvalue weighted by Crippen LogP contribution is 2.31. The van der Waals surface area contributed by atoms with E-state index in [4.69, 9.17) is 4.74 Å². The molecule has 0 aliphatic carbocycles. The van der Waals surface area contributed by atoms with Crippen LogP contribution in [0.2, 0.25) is 0 Å². The number of carbonyl (C=O) groups is 1. The van der Waals surface area contributed by atoms with Gasteiger partial charge in [-0.05, 0) is 31.0 Å². The Kier molecular flexibility index (Phi) is 4.27. The minimum Gasteiger partial charge on any atom is -0.379 e. The number of carbonyl (C=O) groups excluding carboxylic acids is 1. The van der Waals surface area contributed by atoms with E-state index in [-0.39, 0.29) is 11.6 Å². The second kappa shape index (κ2) is 5.78. The van der Waals surface area contributed by atoms with Crippen LogP contribution in [0.15, 0.2) is 18.2 Å². The van der Waals surface area contributed by atoms with Crippen molar-refractivity contribution in [3.8, 4) is 0 Å². The maximum absolute atomic E-state index is 13.1. The summed E-state index contributed by atoms with van der Waals surface area (Å²) in [6.45, 7) is 0.945. The number of rotatable bonds is 2. The summed E-state index contributed by atoms with van der Waals surface area (Å²) in [5.74, 6) is -2.05. The van der Waals surface area contributed by atoms with Crippen LogP contribution in [0.4, 0.5) is 17.6 Å². The topological polar surface area (TPSA) is 38.3 Å². The van der Waals surface area contributed by atoms with Crippen LogP contribution in [0, 0.1) is 5.82 Å². The number of ether oxygens (including phenoxy) is 1. The molecule has 1 atom stereocenters. The number of alkyl halides is 3. The van der Waals surface area contributed by atoms with Gasteiger partial charge in [-0.25, -0.2) is 4.39 Å². The van der Waals surface area contributed by atoms with Crippen molar-refractivity contribution < 1.29 is 27.1 Å². The molecule has 1 aliphatic heterocycles. The highest BCUT2D eigenvalue weighted by molar-refractivity contribution is 5.94. The maximum Gasteiger partial charge on any atom is 0.419 e. The molecular weight excluding hydrogens is 278 g/mol. The smallest absolute Gasteiger partial charge is 0.379 e. The average molecular weight is 291 g/mol. The molecule has 0 spiro atoms. The van der Waals surface area contributed by atoms with Gasteiger partial charge in [-0.2, -0.15) is 13.2 Å². The highest BCUT2D eigenvalue weighted by Gasteiger charge is 2.34. The molecule has 1 aromatic rings. The Morgan fingerprint density at radius 2 is 2.10 bits per heavy atom. The molecule has 1 amide bonds. The summed E-state index contributed by atoms with van der Waals surface area (Å²) < 4.78 is 56.0. The molecule has 20 heavy (non-hydrogen) atoms. The molecule has 1 unspecified atom stereocenters. The van der Waals surface area contributed by atoms with Crippen molar-refractivity contribution in [2.24, 2.45) is 0 Å². The quantitative estimate of drug-likeness (QED) is 0.851. The fourth-order valence-corrected chi connectivity index (χ4v) is 2.01. The van der Waals surface area contributed by atoms with E-state index in [9.17, 15) is 22.4 Å². The SMILES string of the molecule is O=C(NC1CCCOC1)c1ccc(F)c(C(F)(F)F)c1. The Labute approximate surface area is 112 Å². The van der Waals surface area contributed by atoms with Gasteiger partial charge in [0.25, 0.3) is 5.91 Å². The number of amides is 1. The molecule has 2 rings (SSSR count). The lowest BCUT2D eigenvalue weighted by Crippen LogP contribution is -2.40. The van der Waals surface area contributed by atoms with Gasteiger partial charge in [0, 0.05) is 12.2 Å². The highest BCUT2D eigenvalue weighted by atomic mass is 19.4. The van der Waals surface area contributed by atoms with Gasteiger partial charge in [0.1, 0.15) is 5.82 Å². The van der Waals surface area contributed by atoms with E-state index in [0.717, 1.165) is 12.5 Å². The van der Waals surface area contributed by atoms with Crippen molar-refractivity contribution >= 4 is 5.91 Å². The second-order valence-electron chi connectivity index (χ2n) is 4.58. The maximum atomic E-state index is 13.1. The third-order valence-electron chi connectivity index (χ3n) is 3.03. The number of nitrogens with one attached hydrogen (secondary N) is 1. The summed E-state index contributed by atoms with van der Waals surface area (Å²) in [4.78, 5) is 11.8. The lowest BCUT2D eigenvalue weighted by Gasteiger charge is -2.23. The Bertz CT molecular complexity index is 496. The lowest BCUT2D eigenvalue weighted by molar-refractivity contribution is -0.140. The molecule has 3 nitrogen and oxygen atoms in total. The number of halogens is 4. The molecule has 0 saturated carbocycles. The van der Waals surface area contributed by atoms with Crippen LogP contribution in [-0.2, 0) is 10.9 Å². The fraction of sp³-hybridized carbons (Fsp3) is 0.462. The lowest BCUT2D eigenvalue weighted by atomic mass is 10.1. The molecule has 7 heteroatoms. The van der Waals surface area contributed by atoms with Crippen LogP contribution in [0.1, 0.15) is 28.8 Å². The zero-order chi connectivity index (χ0) is 14.8. The third kappa shape index (κ3) is 3.47. The molecule has 1 aliphatic rings. The van der Waals surface area contributed by atoms with E-state index >= 15 is 0 Å². The minimum absolute atomic E-state index is 0.218. The van der Waals surface area contributed by atoms with Gasteiger partial charge in [-0.3, -0.25) is 4.79 Å². The van der Waals surface area contributed by atoms with E-state index in [1.54, 1.807) is 0 Å². The first kappa shape index (κ1) is 14.8. The Hall–Kier alpha value is -1.63. The van der Waals surface area contributed by atoms with Crippen LogP contribution < -0.4 is 5.32 Å². The molecular formula is C13H13F4NO2. The largest absolute Gasteiger partial charge is 0.419 e. The normalized spacial score (nSPS) is 19.7. The standard InChI is InChI=1S/C13H13F4NO2/c14-11-4-3-8(6-10(11)13(15,16)17)12(19)18-9-2-1-5-20-7-9/h3-4,6,9H,1-2,5,7H2,(H,18,19). The summed E-state index contributed by atoms with van der Waals surface area (Å²) in [5, 5.41) is 2.58. The Morgan fingerprint density at radius 3 is 2.70 bits per heavy atom. The van der Waals surface area contributed by atoms with Crippen molar-refractivity contribution in [1.29, 1.82) is 0 Å². The number of benzene rings is 1. The first-order chi connectivity index (χ1) is 9.38. The van der Waals surface area contributed by atoms with Crippen LogP contribution in [-0.4, -0.2) is 25.2 Å². The number of hydrogen-bond donors (Lipinski definition) is 1. The van der Waals surface area contributed by atoms with Crippen molar-refractivity contribution in [2.75, 3.05) is 13.2 Å². The van der Waals surface area contributed by atoms with Crippen molar-refractivity contribution in [1.82, 2.24) is 5.32 Å². The molecule has 0 aromatic heterocycles. The summed E-state index contributed by atoms with van der Waals surface area (Å²) in [6.07, 6.45) is -3.34. The summed E-state index contributed by atoms with van der Waals surface area (Å²) in [6, 6.07) is 1.98. The van der Waals surface area contributed by atoms with Gasteiger partial charge in [0.05, 0.1) is 18.2 Å². The molecule has 0 bridgehead atoms. The molecule has 1 N–H and O–H groups in total. The molecule has 1 saturated heterocycles. The monoisotopic (exact) mass is 291 g/mol. The van der Waals surface area contributed by atoms with Crippen LogP contribution in [0.3, 0.4) is 0 Å². The van der Waals surface area contributed by atoms with Crippen LogP contribution in [0.5, 0.6) is 0 Å². The molecule has 1 fully saturated rings. The first-order valence-corrected chi connectivity index (χ1v) is 6.13. The van der Waals surface area contributed by atoms with Gasteiger partial charge in [0.15, 0.2) is 0 Å². The predicted molar refractivity (Wildman–Crippen MR) is 62.7 cm³/mol. The Morgan fingerprint density at radius 1 is 1.35 bits per heavy atom. The van der Waals surface area contributed by atoms with Crippen LogP contribution >= 0.6 is 0 Å². The average Bonchev–Trinajstić information content (AvgIpc) is 2.39. The van der Waals surface area contributed by atoms with Crippen molar-refractivity contribution in [3.63, 3.8) is 0 Å². The zero-order valence-corrected chi connectivity index (χ0v) is 10.5. The first-order valence-electron chi connectivity index (χ1n) is 6.13.